The maximum atomic E-state index is 12.5. The van der Waals surface area contributed by atoms with Crippen LogP contribution in [0.1, 0.15) is 6.42 Å². The van der Waals surface area contributed by atoms with Gasteiger partial charge in [0.15, 0.2) is 0 Å². The molecule has 0 aromatic carbocycles. The highest BCUT2D eigenvalue weighted by molar-refractivity contribution is 5.31. The second-order valence-electron chi connectivity index (χ2n) is 2.50. The molecule has 0 saturated heterocycles. The Bertz CT molecular complexity index is 257. The Morgan fingerprint density at radius 2 is 2.38 bits per heavy atom. The molecule has 0 unspecified atom stereocenters. The lowest BCUT2D eigenvalue weighted by Gasteiger charge is -2.03. The molecule has 1 aromatic heterocycles. The molecule has 1 rings (SSSR count). The Morgan fingerprint density at radius 1 is 1.54 bits per heavy atom. The molecule has 0 spiro atoms. The van der Waals surface area contributed by atoms with E-state index in [0.717, 1.165) is 6.42 Å². The van der Waals surface area contributed by atoms with Gasteiger partial charge < -0.3 is 10.1 Å². The van der Waals surface area contributed by atoms with E-state index in [4.69, 9.17) is 4.74 Å². The molecule has 1 heterocycles. The van der Waals surface area contributed by atoms with Gasteiger partial charge in [0.2, 0.25) is 5.95 Å². The van der Waals surface area contributed by atoms with E-state index >= 15 is 0 Å². The third-order valence-electron chi connectivity index (χ3n) is 1.47. The Morgan fingerprint density at radius 3 is 3.08 bits per heavy atom. The monoisotopic (exact) mass is 185 g/mol. The molecular weight excluding hydrogens is 173 g/mol. The van der Waals surface area contributed by atoms with Gasteiger partial charge in [0.05, 0.1) is 0 Å². The first-order valence-corrected chi connectivity index (χ1v) is 4.03. The summed E-state index contributed by atoms with van der Waals surface area (Å²) in [5.74, 6) is -0.0205. The fourth-order valence-electron chi connectivity index (χ4n) is 0.863. The minimum Gasteiger partial charge on any atom is -0.385 e. The smallest absolute Gasteiger partial charge is 0.217 e. The summed E-state index contributed by atoms with van der Waals surface area (Å²) in [5.41, 5.74) is 0. The molecule has 13 heavy (non-hydrogen) atoms. The summed E-state index contributed by atoms with van der Waals surface area (Å²) in [4.78, 5) is 7.18. The van der Waals surface area contributed by atoms with Gasteiger partial charge in [0.1, 0.15) is 12.1 Å². The number of nitrogens with zero attached hydrogens (tertiary/aromatic N) is 2. The van der Waals surface area contributed by atoms with E-state index in [2.05, 4.69) is 15.3 Å². The van der Waals surface area contributed by atoms with Crippen LogP contribution in [-0.4, -0.2) is 30.2 Å². The molecular formula is C8H12FN3O. The average Bonchev–Trinajstić information content (AvgIpc) is 2.13. The SMILES string of the molecule is COCCCNc1cc(F)ncn1. The van der Waals surface area contributed by atoms with Crippen molar-refractivity contribution in [3.8, 4) is 0 Å². The van der Waals surface area contributed by atoms with Crippen molar-refractivity contribution in [1.82, 2.24) is 9.97 Å². The van der Waals surface area contributed by atoms with Crippen molar-refractivity contribution in [3.63, 3.8) is 0 Å². The Balaban J connectivity index is 2.28. The molecule has 0 saturated carbocycles. The van der Waals surface area contributed by atoms with Gasteiger partial charge in [-0.05, 0) is 6.42 Å². The van der Waals surface area contributed by atoms with E-state index in [1.54, 1.807) is 7.11 Å². The second-order valence-corrected chi connectivity index (χ2v) is 2.50. The van der Waals surface area contributed by atoms with Crippen molar-refractivity contribution >= 4 is 5.82 Å². The van der Waals surface area contributed by atoms with E-state index in [-0.39, 0.29) is 0 Å². The highest BCUT2D eigenvalue weighted by atomic mass is 19.1. The van der Waals surface area contributed by atoms with Gasteiger partial charge in [-0.1, -0.05) is 0 Å². The van der Waals surface area contributed by atoms with E-state index in [1.807, 2.05) is 0 Å². The molecule has 5 heteroatoms. The number of ether oxygens (including phenoxy) is 1. The van der Waals surface area contributed by atoms with Crippen LogP contribution in [0.2, 0.25) is 0 Å². The minimum atomic E-state index is -0.524. The third-order valence-corrected chi connectivity index (χ3v) is 1.47. The van der Waals surface area contributed by atoms with Gasteiger partial charge in [0, 0.05) is 26.3 Å². The first-order valence-electron chi connectivity index (χ1n) is 4.03. The Hall–Kier alpha value is -1.23. The summed E-state index contributed by atoms with van der Waals surface area (Å²) in [6, 6.07) is 1.26. The fraction of sp³-hybridized carbons (Fsp3) is 0.500. The molecule has 0 fully saturated rings. The molecule has 1 aromatic rings. The molecule has 0 amide bonds. The zero-order chi connectivity index (χ0) is 9.52. The van der Waals surface area contributed by atoms with Crippen LogP contribution < -0.4 is 5.32 Å². The lowest BCUT2D eigenvalue weighted by atomic mass is 10.4. The molecule has 0 bridgehead atoms. The van der Waals surface area contributed by atoms with Gasteiger partial charge in [-0.25, -0.2) is 9.97 Å². The summed E-state index contributed by atoms with van der Waals surface area (Å²) < 4.78 is 17.4. The van der Waals surface area contributed by atoms with Gasteiger partial charge in [-0.15, -0.1) is 0 Å². The first-order chi connectivity index (χ1) is 6.33. The van der Waals surface area contributed by atoms with Crippen molar-refractivity contribution < 1.29 is 9.13 Å². The number of nitrogens with one attached hydrogen (secondary N) is 1. The predicted octanol–water partition coefficient (Wildman–Crippen LogP) is 1.06. The number of rotatable bonds is 5. The molecule has 0 radical (unpaired) electrons. The molecule has 4 nitrogen and oxygen atoms in total. The lowest BCUT2D eigenvalue weighted by molar-refractivity contribution is 0.197. The standard InChI is InChI=1S/C8H12FN3O/c1-13-4-2-3-10-8-5-7(9)11-6-12-8/h5-6H,2-4H2,1H3,(H,10,11,12). The lowest BCUT2D eigenvalue weighted by Crippen LogP contribution is -2.06. The highest BCUT2D eigenvalue weighted by Crippen LogP contribution is 2.01. The molecule has 0 aliphatic carbocycles. The summed E-state index contributed by atoms with van der Waals surface area (Å²) in [7, 11) is 1.64. The number of halogens is 1. The number of hydrogen-bond donors (Lipinski definition) is 1. The predicted molar refractivity (Wildman–Crippen MR) is 47.0 cm³/mol. The van der Waals surface area contributed by atoms with Crippen molar-refractivity contribution in [2.24, 2.45) is 0 Å². The van der Waals surface area contributed by atoms with Crippen LogP contribution in [0.25, 0.3) is 0 Å². The quantitative estimate of drug-likeness (QED) is 0.550. The third kappa shape index (κ3) is 3.80. The Labute approximate surface area is 76.2 Å². The highest BCUT2D eigenvalue weighted by Gasteiger charge is 1.95. The molecule has 0 atom stereocenters. The molecule has 72 valence electrons. The maximum Gasteiger partial charge on any atom is 0.217 e. The van der Waals surface area contributed by atoms with Crippen LogP contribution >= 0.6 is 0 Å². The fourth-order valence-corrected chi connectivity index (χ4v) is 0.863. The van der Waals surface area contributed by atoms with Crippen LogP contribution in [0.5, 0.6) is 0 Å². The van der Waals surface area contributed by atoms with Crippen molar-refractivity contribution in [3.05, 3.63) is 18.3 Å². The zero-order valence-electron chi connectivity index (χ0n) is 7.46. The van der Waals surface area contributed by atoms with E-state index in [1.165, 1.54) is 12.4 Å². The molecule has 0 aliphatic rings. The van der Waals surface area contributed by atoms with Crippen LogP contribution in [-0.2, 0) is 4.74 Å². The van der Waals surface area contributed by atoms with E-state index < -0.39 is 5.95 Å². The summed E-state index contributed by atoms with van der Waals surface area (Å²) in [5, 5.41) is 2.95. The topological polar surface area (TPSA) is 47.0 Å². The first kappa shape index (κ1) is 9.85. The molecule has 1 N–H and O–H groups in total. The van der Waals surface area contributed by atoms with Gasteiger partial charge >= 0.3 is 0 Å². The largest absolute Gasteiger partial charge is 0.385 e. The summed E-state index contributed by atoms with van der Waals surface area (Å²) >= 11 is 0. The van der Waals surface area contributed by atoms with Gasteiger partial charge in [-0.3, -0.25) is 0 Å². The van der Waals surface area contributed by atoms with Crippen molar-refractivity contribution in [1.29, 1.82) is 0 Å². The van der Waals surface area contributed by atoms with Crippen LogP contribution in [0, 0.1) is 5.95 Å². The average molecular weight is 185 g/mol. The zero-order valence-corrected chi connectivity index (χ0v) is 7.46. The van der Waals surface area contributed by atoms with E-state index in [0.29, 0.717) is 19.0 Å². The van der Waals surface area contributed by atoms with E-state index in [9.17, 15) is 4.39 Å². The normalized spacial score (nSPS) is 10.0. The number of anilines is 1. The molecule has 0 aliphatic heterocycles. The number of methoxy groups -OCH3 is 1. The Kier molecular flexibility index (Phi) is 4.11. The number of hydrogen-bond acceptors (Lipinski definition) is 4. The van der Waals surface area contributed by atoms with Crippen LogP contribution in [0.4, 0.5) is 10.2 Å². The second kappa shape index (κ2) is 5.42. The summed E-state index contributed by atoms with van der Waals surface area (Å²) in [6.45, 7) is 1.39. The van der Waals surface area contributed by atoms with Crippen LogP contribution in [0.15, 0.2) is 12.4 Å². The van der Waals surface area contributed by atoms with Crippen LogP contribution in [0.3, 0.4) is 0 Å². The van der Waals surface area contributed by atoms with Gasteiger partial charge in [-0.2, -0.15) is 4.39 Å². The maximum absolute atomic E-state index is 12.5. The number of aromatic nitrogens is 2. The minimum absolute atomic E-state index is 0.503. The summed E-state index contributed by atoms with van der Waals surface area (Å²) in [6.07, 6.45) is 2.05. The van der Waals surface area contributed by atoms with Crippen molar-refractivity contribution in [2.75, 3.05) is 25.6 Å². The van der Waals surface area contributed by atoms with Crippen molar-refractivity contribution in [2.45, 2.75) is 6.42 Å². The van der Waals surface area contributed by atoms with Gasteiger partial charge in [0.25, 0.3) is 0 Å².